The maximum atomic E-state index is 6.08. The van der Waals surface area contributed by atoms with Crippen LogP contribution < -0.4 is 21.3 Å². The number of benzene rings is 2. The Morgan fingerprint density at radius 2 is 1.82 bits per heavy atom. The molecule has 3 rings (SSSR count). The molecule has 0 aliphatic carbocycles. The number of rotatable bonds is 4. The minimum absolute atomic E-state index is 0.182. The van der Waals surface area contributed by atoms with Gasteiger partial charge in [0, 0.05) is 11.7 Å². The number of nitrogen functional groups attached to an aromatic ring is 1. The molecule has 22 heavy (non-hydrogen) atoms. The van der Waals surface area contributed by atoms with Crippen molar-refractivity contribution in [1.29, 1.82) is 0 Å². The fourth-order valence-corrected chi connectivity index (χ4v) is 2.88. The van der Waals surface area contributed by atoms with Crippen molar-refractivity contribution >= 4 is 5.69 Å². The summed E-state index contributed by atoms with van der Waals surface area (Å²) < 4.78 is 5.78. The van der Waals surface area contributed by atoms with E-state index in [1.807, 2.05) is 44.2 Å². The fraction of sp³-hybridized carbons (Fsp3) is 0.333. The van der Waals surface area contributed by atoms with E-state index in [9.17, 15) is 0 Å². The predicted octanol–water partition coefficient (Wildman–Crippen LogP) is 3.34. The minimum Gasteiger partial charge on any atom is -0.491 e. The molecule has 4 heteroatoms. The average Bonchev–Trinajstić information content (AvgIpc) is 2.97. The lowest BCUT2D eigenvalue weighted by atomic mass is 9.96. The van der Waals surface area contributed by atoms with Gasteiger partial charge in [0.25, 0.3) is 0 Å². The topological polar surface area (TPSA) is 59.3 Å². The molecule has 2 unspecified atom stereocenters. The molecule has 2 atom stereocenters. The fourth-order valence-electron chi connectivity index (χ4n) is 2.88. The second-order valence-electron chi connectivity index (χ2n) is 6.00. The van der Waals surface area contributed by atoms with Crippen molar-refractivity contribution in [2.75, 3.05) is 5.73 Å². The van der Waals surface area contributed by atoms with Gasteiger partial charge in [-0.1, -0.05) is 30.3 Å². The number of anilines is 1. The molecule has 1 fully saturated rings. The van der Waals surface area contributed by atoms with Crippen LogP contribution in [0.4, 0.5) is 5.69 Å². The SMILES string of the molecule is CC(C)Oc1cccc(C2CC(c3ccccc3N)NN2)c1. The van der Waals surface area contributed by atoms with Gasteiger partial charge in [0.15, 0.2) is 0 Å². The molecule has 4 N–H and O–H groups in total. The molecule has 116 valence electrons. The minimum atomic E-state index is 0.182. The van der Waals surface area contributed by atoms with Gasteiger partial charge in [-0.15, -0.1) is 0 Å². The highest BCUT2D eigenvalue weighted by Crippen LogP contribution is 2.34. The van der Waals surface area contributed by atoms with Gasteiger partial charge in [-0.05, 0) is 49.6 Å². The zero-order valence-electron chi connectivity index (χ0n) is 13.0. The Labute approximate surface area is 131 Å². The Hall–Kier alpha value is -2.04. The molecule has 2 aromatic rings. The first-order valence-corrected chi connectivity index (χ1v) is 7.75. The zero-order chi connectivity index (χ0) is 15.5. The quantitative estimate of drug-likeness (QED) is 0.758. The Balaban J connectivity index is 1.74. The average molecular weight is 297 g/mol. The first-order valence-electron chi connectivity index (χ1n) is 7.75. The highest BCUT2D eigenvalue weighted by atomic mass is 16.5. The maximum absolute atomic E-state index is 6.08. The van der Waals surface area contributed by atoms with Crippen LogP contribution >= 0.6 is 0 Å². The summed E-state index contributed by atoms with van der Waals surface area (Å²) in [5.41, 5.74) is 16.0. The summed E-state index contributed by atoms with van der Waals surface area (Å²) in [7, 11) is 0. The molecule has 0 saturated carbocycles. The summed E-state index contributed by atoms with van der Waals surface area (Å²) in [6.07, 6.45) is 1.14. The lowest BCUT2D eigenvalue weighted by Crippen LogP contribution is -2.27. The van der Waals surface area contributed by atoms with Crippen LogP contribution in [-0.4, -0.2) is 6.10 Å². The van der Waals surface area contributed by atoms with Crippen LogP contribution in [0.15, 0.2) is 48.5 Å². The number of nitrogens with one attached hydrogen (secondary N) is 2. The van der Waals surface area contributed by atoms with Gasteiger partial charge in [0.05, 0.1) is 12.1 Å². The number of ether oxygens (including phenoxy) is 1. The standard InChI is InChI=1S/C18H23N3O/c1-12(2)22-14-7-5-6-13(10-14)17-11-18(21-20-17)15-8-3-4-9-16(15)19/h3-10,12,17-18,20-21H,11,19H2,1-2H3. The van der Waals surface area contributed by atoms with Gasteiger partial charge in [-0.25, -0.2) is 10.9 Å². The molecule has 1 saturated heterocycles. The third kappa shape index (κ3) is 3.24. The Kier molecular flexibility index (Phi) is 4.32. The lowest BCUT2D eigenvalue weighted by Gasteiger charge is -2.14. The van der Waals surface area contributed by atoms with Crippen LogP contribution in [0.2, 0.25) is 0 Å². The van der Waals surface area contributed by atoms with Gasteiger partial charge >= 0.3 is 0 Å². The normalized spacial score (nSPS) is 21.2. The highest BCUT2D eigenvalue weighted by molar-refractivity contribution is 5.48. The van der Waals surface area contributed by atoms with Crippen LogP contribution in [0.1, 0.15) is 43.5 Å². The van der Waals surface area contributed by atoms with Gasteiger partial charge in [-0.3, -0.25) is 0 Å². The Bertz CT molecular complexity index is 642. The maximum Gasteiger partial charge on any atom is 0.120 e. The van der Waals surface area contributed by atoms with Gasteiger partial charge in [-0.2, -0.15) is 0 Å². The monoisotopic (exact) mass is 297 g/mol. The molecule has 0 aromatic heterocycles. The molecule has 1 aliphatic heterocycles. The number of nitrogens with two attached hydrogens (primary N) is 1. The molecule has 1 aliphatic rings. The van der Waals surface area contributed by atoms with Crippen LogP contribution in [0.25, 0.3) is 0 Å². The summed E-state index contributed by atoms with van der Waals surface area (Å²) in [4.78, 5) is 0. The van der Waals surface area contributed by atoms with E-state index in [1.54, 1.807) is 0 Å². The van der Waals surface area contributed by atoms with E-state index in [0.29, 0.717) is 0 Å². The van der Waals surface area contributed by atoms with Crippen molar-refractivity contribution < 1.29 is 4.74 Å². The summed E-state index contributed by atoms with van der Waals surface area (Å²) in [5.74, 6) is 0.914. The van der Waals surface area contributed by atoms with Crippen LogP contribution in [0, 0.1) is 0 Å². The van der Waals surface area contributed by atoms with E-state index in [0.717, 1.165) is 23.4 Å². The van der Waals surface area contributed by atoms with E-state index in [1.165, 1.54) is 5.56 Å². The number of hydrazine groups is 1. The van der Waals surface area contributed by atoms with Crippen LogP contribution in [0.5, 0.6) is 5.75 Å². The third-order valence-electron chi connectivity index (χ3n) is 3.91. The molecule has 4 nitrogen and oxygen atoms in total. The smallest absolute Gasteiger partial charge is 0.120 e. The lowest BCUT2D eigenvalue weighted by molar-refractivity contribution is 0.242. The first kappa shape index (κ1) is 14.9. The summed E-state index contributed by atoms with van der Waals surface area (Å²) in [5, 5.41) is 0. The molecular weight excluding hydrogens is 274 g/mol. The Morgan fingerprint density at radius 1 is 1.05 bits per heavy atom. The second-order valence-corrected chi connectivity index (χ2v) is 6.00. The largest absolute Gasteiger partial charge is 0.491 e. The molecule has 0 bridgehead atoms. The molecule has 1 heterocycles. The predicted molar refractivity (Wildman–Crippen MR) is 89.4 cm³/mol. The van der Waals surface area contributed by atoms with Crippen molar-refractivity contribution in [3.8, 4) is 5.75 Å². The molecule has 0 spiro atoms. The van der Waals surface area contributed by atoms with Crippen molar-refractivity contribution in [2.45, 2.75) is 38.5 Å². The van der Waals surface area contributed by atoms with E-state index in [2.05, 4.69) is 29.1 Å². The molecule has 2 aromatic carbocycles. The summed E-state index contributed by atoms with van der Waals surface area (Å²) in [6, 6.07) is 16.8. The van der Waals surface area contributed by atoms with Gasteiger partial charge < -0.3 is 10.5 Å². The number of hydrogen-bond donors (Lipinski definition) is 3. The second kappa shape index (κ2) is 6.38. The van der Waals surface area contributed by atoms with Crippen LogP contribution in [0.3, 0.4) is 0 Å². The van der Waals surface area contributed by atoms with E-state index >= 15 is 0 Å². The number of para-hydroxylation sites is 1. The van der Waals surface area contributed by atoms with Crippen LogP contribution in [-0.2, 0) is 0 Å². The summed E-state index contributed by atoms with van der Waals surface area (Å²) >= 11 is 0. The molecule has 0 amide bonds. The zero-order valence-corrected chi connectivity index (χ0v) is 13.0. The van der Waals surface area contributed by atoms with Crippen molar-refractivity contribution in [3.05, 3.63) is 59.7 Å². The van der Waals surface area contributed by atoms with E-state index < -0.39 is 0 Å². The van der Waals surface area contributed by atoms with Gasteiger partial charge in [0.1, 0.15) is 5.75 Å². The van der Waals surface area contributed by atoms with Gasteiger partial charge in [0.2, 0.25) is 0 Å². The Morgan fingerprint density at radius 3 is 2.59 bits per heavy atom. The number of hydrogen-bond acceptors (Lipinski definition) is 4. The first-order chi connectivity index (χ1) is 10.6. The van der Waals surface area contributed by atoms with Crippen molar-refractivity contribution in [1.82, 2.24) is 10.9 Å². The van der Waals surface area contributed by atoms with E-state index in [-0.39, 0.29) is 18.2 Å². The molecule has 0 radical (unpaired) electrons. The van der Waals surface area contributed by atoms with E-state index in [4.69, 9.17) is 10.5 Å². The molecular formula is C18H23N3O. The van der Waals surface area contributed by atoms with Crippen molar-refractivity contribution in [2.24, 2.45) is 0 Å². The third-order valence-corrected chi connectivity index (χ3v) is 3.91. The highest BCUT2D eigenvalue weighted by Gasteiger charge is 2.27. The van der Waals surface area contributed by atoms with Crippen molar-refractivity contribution in [3.63, 3.8) is 0 Å². The summed E-state index contributed by atoms with van der Waals surface area (Å²) in [6.45, 7) is 4.08.